The van der Waals surface area contributed by atoms with Crippen LogP contribution in [0.25, 0.3) is 0 Å². The van der Waals surface area contributed by atoms with E-state index in [-0.39, 0.29) is 23.8 Å². The van der Waals surface area contributed by atoms with Crippen LogP contribution in [0, 0.1) is 5.92 Å². The third-order valence-corrected chi connectivity index (χ3v) is 8.13. The van der Waals surface area contributed by atoms with Gasteiger partial charge in [-0.1, -0.05) is 30.3 Å². The Morgan fingerprint density at radius 3 is 2.44 bits per heavy atom. The van der Waals surface area contributed by atoms with Gasteiger partial charge < -0.3 is 24.0 Å². The van der Waals surface area contributed by atoms with Crippen molar-refractivity contribution in [2.24, 2.45) is 5.92 Å². The van der Waals surface area contributed by atoms with Crippen LogP contribution in [0.2, 0.25) is 0 Å². The Morgan fingerprint density at radius 2 is 1.69 bits per heavy atom. The number of methoxy groups -OCH3 is 3. The number of hydrogen-bond acceptors (Lipinski definition) is 5. The molecule has 3 aliphatic heterocycles. The van der Waals surface area contributed by atoms with Crippen molar-refractivity contribution in [3.8, 4) is 17.2 Å². The summed E-state index contributed by atoms with van der Waals surface area (Å²) >= 11 is 0. The molecule has 3 aromatic carbocycles. The van der Waals surface area contributed by atoms with Gasteiger partial charge in [0.1, 0.15) is 17.2 Å². The summed E-state index contributed by atoms with van der Waals surface area (Å²) in [5.41, 5.74) is 6.18. The van der Waals surface area contributed by atoms with Crippen LogP contribution in [0.1, 0.15) is 34.6 Å². The van der Waals surface area contributed by atoms with E-state index in [1.165, 1.54) is 22.4 Å². The minimum atomic E-state index is -0.136. The Hall–Kier alpha value is -3.67. The summed E-state index contributed by atoms with van der Waals surface area (Å²) in [5, 5.41) is 0. The molecule has 0 radical (unpaired) electrons. The number of rotatable bonds is 6. The SMILES string of the molecule is COc1ccc([C@@H]2c3cccc4c3N(CCC4)[C@@H]3CN(Cc4ccc(OC)cc4OC)C(=O)[C@H]23)cc1. The fourth-order valence-electron chi connectivity index (χ4n) is 6.48. The first-order valence-electron chi connectivity index (χ1n) is 12.6. The highest BCUT2D eigenvalue weighted by molar-refractivity contribution is 5.87. The number of anilines is 1. The Bertz CT molecular complexity index is 1290. The Balaban J connectivity index is 1.41. The van der Waals surface area contributed by atoms with Gasteiger partial charge in [-0.2, -0.15) is 0 Å². The molecule has 0 spiro atoms. The van der Waals surface area contributed by atoms with Gasteiger partial charge >= 0.3 is 0 Å². The number of fused-ring (bicyclic) bond motifs is 2. The standard InChI is InChI=1S/C30H32N2O4/c1-34-22-12-9-19(10-13-22)27-24-8-4-6-20-7-5-15-32(29(20)24)25-18-31(30(33)28(25)27)17-21-11-14-23(35-2)16-26(21)36-3/h4,6,8-14,16,25,27-28H,5,7,15,17-18H2,1-3H3/t25-,27-,28+/m1/s1. The van der Waals surface area contributed by atoms with Gasteiger partial charge in [-0.05, 0) is 53.8 Å². The summed E-state index contributed by atoms with van der Waals surface area (Å²) in [6.07, 6.45) is 2.21. The third kappa shape index (κ3) is 3.58. The van der Waals surface area contributed by atoms with E-state index in [0.717, 1.165) is 42.2 Å². The van der Waals surface area contributed by atoms with E-state index in [1.807, 2.05) is 35.2 Å². The van der Waals surface area contributed by atoms with Gasteiger partial charge in [0, 0.05) is 42.9 Å². The number of para-hydroxylation sites is 1. The second-order valence-corrected chi connectivity index (χ2v) is 9.89. The molecular weight excluding hydrogens is 452 g/mol. The van der Waals surface area contributed by atoms with E-state index in [4.69, 9.17) is 14.2 Å². The fraction of sp³-hybridized carbons (Fsp3) is 0.367. The molecule has 3 atom stereocenters. The molecule has 0 aliphatic carbocycles. The van der Waals surface area contributed by atoms with Gasteiger partial charge in [0.15, 0.2) is 0 Å². The zero-order valence-corrected chi connectivity index (χ0v) is 21.1. The molecule has 1 fully saturated rings. The minimum absolute atomic E-state index is 0.0143. The van der Waals surface area contributed by atoms with Gasteiger partial charge in [0.05, 0.1) is 33.3 Å². The summed E-state index contributed by atoms with van der Waals surface area (Å²) < 4.78 is 16.4. The van der Waals surface area contributed by atoms with E-state index < -0.39 is 0 Å². The maximum absolute atomic E-state index is 14.2. The zero-order chi connectivity index (χ0) is 24.8. The molecule has 1 amide bonds. The molecule has 3 heterocycles. The molecule has 0 N–H and O–H groups in total. The maximum Gasteiger partial charge on any atom is 0.229 e. The number of nitrogens with zero attached hydrogens (tertiary/aromatic N) is 2. The second kappa shape index (κ2) is 9.08. The second-order valence-electron chi connectivity index (χ2n) is 9.89. The van der Waals surface area contributed by atoms with Crippen LogP contribution in [0.4, 0.5) is 5.69 Å². The molecule has 186 valence electrons. The first-order valence-corrected chi connectivity index (χ1v) is 12.6. The Morgan fingerprint density at radius 1 is 0.917 bits per heavy atom. The number of carbonyl (C=O) groups excluding carboxylic acids is 1. The Kier molecular flexibility index (Phi) is 5.75. The van der Waals surface area contributed by atoms with Gasteiger partial charge in [-0.3, -0.25) is 4.79 Å². The molecule has 6 heteroatoms. The first kappa shape index (κ1) is 22.8. The summed E-state index contributed by atoms with van der Waals surface area (Å²) in [6.45, 7) is 2.22. The van der Waals surface area contributed by atoms with Crippen molar-refractivity contribution in [2.45, 2.75) is 31.3 Å². The van der Waals surface area contributed by atoms with Crippen molar-refractivity contribution in [1.29, 1.82) is 0 Å². The summed E-state index contributed by atoms with van der Waals surface area (Å²) in [5.74, 6) is 2.40. The van der Waals surface area contributed by atoms with Crippen molar-refractivity contribution < 1.29 is 19.0 Å². The predicted molar refractivity (Wildman–Crippen MR) is 139 cm³/mol. The number of hydrogen-bond donors (Lipinski definition) is 0. The van der Waals surface area contributed by atoms with Crippen LogP contribution < -0.4 is 19.1 Å². The number of aryl methyl sites for hydroxylation is 1. The normalized spacial score (nSPS) is 22.2. The lowest BCUT2D eigenvalue weighted by Crippen LogP contribution is -2.50. The van der Waals surface area contributed by atoms with Crippen LogP contribution in [0.5, 0.6) is 17.2 Å². The number of ether oxygens (including phenoxy) is 3. The number of likely N-dealkylation sites (tertiary alicyclic amines) is 1. The number of benzene rings is 3. The highest BCUT2D eigenvalue weighted by Crippen LogP contribution is 2.51. The van der Waals surface area contributed by atoms with E-state index in [9.17, 15) is 4.79 Å². The molecule has 0 bridgehead atoms. The van der Waals surface area contributed by atoms with Crippen LogP contribution in [0.3, 0.4) is 0 Å². The molecule has 3 aliphatic rings. The molecule has 0 saturated carbocycles. The predicted octanol–water partition coefficient (Wildman–Crippen LogP) is 4.64. The smallest absolute Gasteiger partial charge is 0.229 e. The summed E-state index contributed by atoms with van der Waals surface area (Å²) in [7, 11) is 4.99. The van der Waals surface area contributed by atoms with Crippen molar-refractivity contribution in [2.75, 3.05) is 39.3 Å². The van der Waals surface area contributed by atoms with E-state index >= 15 is 0 Å². The van der Waals surface area contributed by atoms with Gasteiger partial charge in [-0.25, -0.2) is 0 Å². The molecule has 0 aromatic heterocycles. The van der Waals surface area contributed by atoms with Crippen LogP contribution in [-0.2, 0) is 17.8 Å². The van der Waals surface area contributed by atoms with Crippen molar-refractivity contribution >= 4 is 11.6 Å². The average Bonchev–Trinajstić information content (AvgIpc) is 3.25. The van der Waals surface area contributed by atoms with Crippen LogP contribution in [0.15, 0.2) is 60.7 Å². The number of carbonyl (C=O) groups is 1. The Labute approximate surface area is 212 Å². The fourth-order valence-corrected chi connectivity index (χ4v) is 6.48. The quantitative estimate of drug-likeness (QED) is 0.510. The van der Waals surface area contributed by atoms with E-state index in [2.05, 4.69) is 35.2 Å². The lowest BCUT2D eigenvalue weighted by atomic mass is 9.72. The van der Waals surface area contributed by atoms with Crippen molar-refractivity contribution in [3.05, 3.63) is 82.9 Å². The first-order chi connectivity index (χ1) is 17.6. The third-order valence-electron chi connectivity index (χ3n) is 8.13. The van der Waals surface area contributed by atoms with Crippen molar-refractivity contribution in [1.82, 2.24) is 4.90 Å². The molecule has 36 heavy (non-hydrogen) atoms. The molecule has 0 unspecified atom stereocenters. The topological polar surface area (TPSA) is 51.2 Å². The molecule has 3 aromatic rings. The summed E-state index contributed by atoms with van der Waals surface area (Å²) in [4.78, 5) is 18.7. The maximum atomic E-state index is 14.2. The van der Waals surface area contributed by atoms with Gasteiger partial charge in [0.25, 0.3) is 0 Å². The molecule has 6 rings (SSSR count). The molecule has 6 nitrogen and oxygen atoms in total. The lowest BCUT2D eigenvalue weighted by molar-refractivity contribution is -0.132. The van der Waals surface area contributed by atoms with E-state index in [0.29, 0.717) is 13.1 Å². The number of amides is 1. The van der Waals surface area contributed by atoms with Crippen LogP contribution in [-0.4, -0.2) is 51.3 Å². The van der Waals surface area contributed by atoms with E-state index in [1.54, 1.807) is 21.3 Å². The van der Waals surface area contributed by atoms with Gasteiger partial charge in [-0.15, -0.1) is 0 Å². The molecular formula is C30H32N2O4. The highest BCUT2D eigenvalue weighted by atomic mass is 16.5. The largest absolute Gasteiger partial charge is 0.497 e. The monoisotopic (exact) mass is 484 g/mol. The van der Waals surface area contributed by atoms with Gasteiger partial charge in [0.2, 0.25) is 5.91 Å². The zero-order valence-electron chi connectivity index (χ0n) is 21.1. The van der Waals surface area contributed by atoms with Crippen LogP contribution >= 0.6 is 0 Å². The molecule has 1 saturated heterocycles. The lowest BCUT2D eigenvalue weighted by Gasteiger charge is -2.46. The minimum Gasteiger partial charge on any atom is -0.497 e. The highest BCUT2D eigenvalue weighted by Gasteiger charge is 2.52. The summed E-state index contributed by atoms with van der Waals surface area (Å²) in [6, 6.07) is 20.9. The average molecular weight is 485 g/mol. The van der Waals surface area contributed by atoms with Crippen molar-refractivity contribution in [3.63, 3.8) is 0 Å².